The number of hydrazone groups is 1. The zero-order valence-electron chi connectivity index (χ0n) is 17.4. The monoisotopic (exact) mass is 478 g/mol. The number of likely N-dealkylation sites (tertiary alicyclic amines) is 1. The molecule has 0 atom stereocenters. The number of carbonyl (C=O) groups excluding carboxylic acids is 2. The fourth-order valence-electron chi connectivity index (χ4n) is 3.00. The average Bonchev–Trinajstić information content (AvgIpc) is 2.79. The molecule has 0 radical (unpaired) electrons. The molecule has 11 heteroatoms. The first-order chi connectivity index (χ1) is 15.3. The van der Waals surface area contributed by atoms with Crippen LogP contribution >= 0.6 is 11.6 Å². The van der Waals surface area contributed by atoms with E-state index >= 15 is 0 Å². The molecule has 0 bridgehead atoms. The van der Waals surface area contributed by atoms with Crippen molar-refractivity contribution in [3.05, 3.63) is 59.1 Å². The summed E-state index contributed by atoms with van der Waals surface area (Å²) in [5.74, 6) is -0.533. The Kier molecular flexibility index (Phi) is 7.70. The molecule has 1 aliphatic heterocycles. The lowest BCUT2D eigenvalue weighted by molar-refractivity contribution is 0.0951. The molecule has 2 aromatic rings. The van der Waals surface area contributed by atoms with Gasteiger partial charge in [-0.25, -0.2) is 18.6 Å². The van der Waals surface area contributed by atoms with Crippen molar-refractivity contribution in [2.75, 3.05) is 24.4 Å². The molecule has 0 aromatic heterocycles. The van der Waals surface area contributed by atoms with Crippen LogP contribution in [0.15, 0.2) is 58.5 Å². The Bertz CT molecular complexity index is 1110. The summed E-state index contributed by atoms with van der Waals surface area (Å²) in [5, 5.41) is 4.61. The first-order valence-electron chi connectivity index (χ1n) is 9.94. The van der Waals surface area contributed by atoms with Crippen LogP contribution in [0.2, 0.25) is 5.02 Å². The van der Waals surface area contributed by atoms with Gasteiger partial charge in [-0.15, -0.1) is 0 Å². The number of halogens is 1. The highest BCUT2D eigenvalue weighted by Gasteiger charge is 2.21. The van der Waals surface area contributed by atoms with Crippen LogP contribution in [0.25, 0.3) is 0 Å². The summed E-state index contributed by atoms with van der Waals surface area (Å²) in [6.45, 7) is 2.98. The van der Waals surface area contributed by atoms with Gasteiger partial charge >= 0.3 is 6.09 Å². The highest BCUT2D eigenvalue weighted by atomic mass is 35.5. The molecular formula is C21H23ClN4O5S. The molecule has 3 rings (SSSR count). The van der Waals surface area contributed by atoms with E-state index in [4.69, 9.17) is 16.3 Å². The smallest absolute Gasteiger partial charge is 0.409 e. The van der Waals surface area contributed by atoms with Gasteiger partial charge < -0.3 is 9.64 Å². The molecule has 0 spiro atoms. The number of ether oxygens (including phenoxy) is 1. The molecule has 170 valence electrons. The van der Waals surface area contributed by atoms with Crippen molar-refractivity contribution in [3.8, 4) is 0 Å². The van der Waals surface area contributed by atoms with E-state index in [0.29, 0.717) is 43.2 Å². The van der Waals surface area contributed by atoms with E-state index in [1.165, 1.54) is 24.3 Å². The number of amides is 2. The van der Waals surface area contributed by atoms with Crippen LogP contribution in [0.5, 0.6) is 0 Å². The van der Waals surface area contributed by atoms with E-state index < -0.39 is 15.9 Å². The average molecular weight is 479 g/mol. The lowest BCUT2D eigenvalue weighted by atomic mass is 10.1. The molecule has 2 amide bonds. The number of nitrogens with one attached hydrogen (secondary N) is 2. The molecule has 0 aliphatic carbocycles. The van der Waals surface area contributed by atoms with Crippen LogP contribution in [0, 0.1) is 0 Å². The van der Waals surface area contributed by atoms with E-state index in [0.717, 1.165) is 5.71 Å². The van der Waals surface area contributed by atoms with Crippen LogP contribution < -0.4 is 10.1 Å². The van der Waals surface area contributed by atoms with Gasteiger partial charge in [-0.05, 0) is 49.4 Å². The number of hydrogen-bond acceptors (Lipinski definition) is 6. The molecule has 1 aliphatic rings. The summed E-state index contributed by atoms with van der Waals surface area (Å²) in [5.41, 5.74) is 3.70. The first kappa shape index (κ1) is 23.6. The minimum Gasteiger partial charge on any atom is -0.450 e. The van der Waals surface area contributed by atoms with Crippen LogP contribution in [-0.4, -0.2) is 50.7 Å². The molecule has 32 heavy (non-hydrogen) atoms. The molecule has 1 saturated heterocycles. The number of rotatable bonds is 6. The summed E-state index contributed by atoms with van der Waals surface area (Å²) >= 11 is 5.82. The second-order valence-corrected chi connectivity index (χ2v) is 9.06. The van der Waals surface area contributed by atoms with Crippen molar-refractivity contribution in [2.45, 2.75) is 24.7 Å². The van der Waals surface area contributed by atoms with Gasteiger partial charge in [0.15, 0.2) is 0 Å². The Hall–Kier alpha value is -3.11. The Morgan fingerprint density at radius 3 is 2.47 bits per heavy atom. The van der Waals surface area contributed by atoms with Crippen LogP contribution in [0.1, 0.15) is 30.1 Å². The molecule has 0 saturated carbocycles. The highest BCUT2D eigenvalue weighted by molar-refractivity contribution is 7.92. The van der Waals surface area contributed by atoms with Crippen molar-refractivity contribution in [1.29, 1.82) is 0 Å². The number of carbonyl (C=O) groups is 2. The maximum Gasteiger partial charge on any atom is 0.409 e. The first-order valence-corrected chi connectivity index (χ1v) is 11.8. The molecule has 0 unspecified atom stereocenters. The number of benzene rings is 2. The topological polar surface area (TPSA) is 117 Å². The predicted octanol–water partition coefficient (Wildman–Crippen LogP) is 3.48. The molecule has 2 aromatic carbocycles. The van der Waals surface area contributed by atoms with Gasteiger partial charge in [-0.3, -0.25) is 9.52 Å². The van der Waals surface area contributed by atoms with Gasteiger partial charge in [0, 0.05) is 47.9 Å². The van der Waals surface area contributed by atoms with E-state index in [-0.39, 0.29) is 16.6 Å². The number of nitrogens with zero attached hydrogens (tertiary/aromatic N) is 2. The summed E-state index contributed by atoms with van der Waals surface area (Å²) < 4.78 is 32.7. The number of anilines is 1. The standard InChI is InChI=1S/C21H23ClN4O5S/c1-2-31-21(28)26-12-10-17(11-13-26)23-24-20(27)15-4-3-5-19(14-15)32(29,30)25-18-8-6-16(22)7-9-18/h3-9,14,25H,2,10-13H2,1H3,(H,24,27). The van der Waals surface area contributed by atoms with Gasteiger partial charge in [0.05, 0.1) is 11.5 Å². The van der Waals surface area contributed by atoms with Crippen molar-refractivity contribution in [3.63, 3.8) is 0 Å². The fourth-order valence-corrected chi connectivity index (χ4v) is 4.23. The van der Waals surface area contributed by atoms with Crippen LogP contribution in [0.4, 0.5) is 10.5 Å². The van der Waals surface area contributed by atoms with Crippen LogP contribution in [-0.2, 0) is 14.8 Å². The zero-order chi connectivity index (χ0) is 23.1. The minimum atomic E-state index is -3.89. The Morgan fingerprint density at radius 2 is 1.81 bits per heavy atom. The zero-order valence-corrected chi connectivity index (χ0v) is 18.9. The van der Waals surface area contributed by atoms with Crippen molar-refractivity contribution in [2.24, 2.45) is 5.10 Å². The van der Waals surface area contributed by atoms with Gasteiger partial charge in [0.1, 0.15) is 0 Å². The van der Waals surface area contributed by atoms with Crippen molar-refractivity contribution >= 4 is 45.0 Å². The van der Waals surface area contributed by atoms with Gasteiger partial charge in [0.2, 0.25) is 0 Å². The minimum absolute atomic E-state index is 0.0597. The molecular weight excluding hydrogens is 456 g/mol. The van der Waals surface area contributed by atoms with E-state index in [2.05, 4.69) is 15.2 Å². The maximum atomic E-state index is 12.7. The third kappa shape index (κ3) is 6.21. The molecule has 2 N–H and O–H groups in total. The number of piperidine rings is 1. The second-order valence-electron chi connectivity index (χ2n) is 6.95. The maximum absolute atomic E-state index is 12.7. The Morgan fingerprint density at radius 1 is 1.12 bits per heavy atom. The third-order valence-electron chi connectivity index (χ3n) is 4.69. The van der Waals surface area contributed by atoms with E-state index in [9.17, 15) is 18.0 Å². The quantitative estimate of drug-likeness (QED) is 0.616. The van der Waals surface area contributed by atoms with E-state index in [1.807, 2.05) is 0 Å². The second kappa shape index (κ2) is 10.5. The number of hydrogen-bond donors (Lipinski definition) is 2. The lowest BCUT2D eigenvalue weighted by Gasteiger charge is -2.26. The summed E-state index contributed by atoms with van der Waals surface area (Å²) in [4.78, 5) is 25.8. The highest BCUT2D eigenvalue weighted by Crippen LogP contribution is 2.19. The van der Waals surface area contributed by atoms with Crippen molar-refractivity contribution in [1.82, 2.24) is 10.3 Å². The summed E-state index contributed by atoms with van der Waals surface area (Å²) in [6, 6.07) is 11.9. The van der Waals surface area contributed by atoms with Gasteiger partial charge in [0.25, 0.3) is 15.9 Å². The largest absolute Gasteiger partial charge is 0.450 e. The SMILES string of the molecule is CCOC(=O)N1CCC(=NNC(=O)c2cccc(S(=O)(=O)Nc3ccc(Cl)cc3)c2)CC1. The number of sulfonamides is 1. The summed E-state index contributed by atoms with van der Waals surface area (Å²) in [6.07, 6.45) is 0.664. The van der Waals surface area contributed by atoms with E-state index in [1.54, 1.807) is 36.1 Å². The third-order valence-corrected chi connectivity index (χ3v) is 6.32. The van der Waals surface area contributed by atoms with Gasteiger partial charge in [-0.2, -0.15) is 5.10 Å². The molecule has 1 heterocycles. The Balaban J connectivity index is 1.62. The van der Waals surface area contributed by atoms with Crippen LogP contribution in [0.3, 0.4) is 0 Å². The summed E-state index contributed by atoms with van der Waals surface area (Å²) in [7, 11) is -3.89. The molecule has 9 nitrogen and oxygen atoms in total. The van der Waals surface area contributed by atoms with Crippen molar-refractivity contribution < 1.29 is 22.7 Å². The molecule has 1 fully saturated rings. The van der Waals surface area contributed by atoms with Gasteiger partial charge in [-0.1, -0.05) is 17.7 Å². The Labute approximate surface area is 191 Å². The predicted molar refractivity (Wildman–Crippen MR) is 121 cm³/mol. The fraction of sp³-hybridized carbons (Fsp3) is 0.286. The lowest BCUT2D eigenvalue weighted by Crippen LogP contribution is -2.39. The normalized spacial score (nSPS) is 13.9.